The van der Waals surface area contributed by atoms with E-state index in [9.17, 15) is 0 Å². The van der Waals surface area contributed by atoms with Crippen LogP contribution in [0.5, 0.6) is 0 Å². The number of ether oxygens (including phenoxy) is 1. The fourth-order valence-electron chi connectivity index (χ4n) is 3.49. The molecule has 2 N–H and O–H groups in total. The second-order valence-corrected chi connectivity index (χ2v) is 6.69. The number of nitrogens with zero attached hydrogens (tertiary/aromatic N) is 4. The molecule has 0 radical (unpaired) electrons. The summed E-state index contributed by atoms with van der Waals surface area (Å²) in [4.78, 5) is 10.6. The molecule has 0 aliphatic carbocycles. The number of morpholine rings is 1. The van der Waals surface area contributed by atoms with Crippen molar-refractivity contribution in [1.82, 2.24) is 15.1 Å². The van der Waals surface area contributed by atoms with Crippen LogP contribution in [0.2, 0.25) is 0 Å². The highest BCUT2D eigenvalue weighted by Gasteiger charge is 2.15. The van der Waals surface area contributed by atoms with Crippen LogP contribution < -0.4 is 10.6 Å². The van der Waals surface area contributed by atoms with Crippen molar-refractivity contribution in [3.8, 4) is 22.6 Å². The van der Waals surface area contributed by atoms with Crippen molar-refractivity contribution in [2.75, 3.05) is 36.9 Å². The van der Waals surface area contributed by atoms with Crippen LogP contribution in [0.1, 0.15) is 0 Å². The van der Waals surface area contributed by atoms with Gasteiger partial charge in [0.05, 0.1) is 24.3 Å². The number of benzene rings is 2. The third-order valence-electron chi connectivity index (χ3n) is 4.95. The molecule has 7 nitrogen and oxygen atoms in total. The predicted octanol–water partition coefficient (Wildman–Crippen LogP) is 3.37. The molecule has 1 aliphatic rings. The molecule has 0 bridgehead atoms. The second-order valence-electron chi connectivity index (χ2n) is 6.69. The lowest BCUT2D eigenvalue weighted by molar-refractivity contribution is 0.122. The van der Waals surface area contributed by atoms with Crippen LogP contribution in [0.15, 0.2) is 59.3 Å². The number of hydrogen-bond donors (Lipinski definition) is 1. The number of nitrogen functional groups attached to an aromatic ring is 1. The molecule has 4 aromatic rings. The van der Waals surface area contributed by atoms with Crippen LogP contribution in [0.25, 0.3) is 33.5 Å². The lowest BCUT2D eigenvalue weighted by Gasteiger charge is -2.28. The van der Waals surface area contributed by atoms with Gasteiger partial charge in [0.25, 0.3) is 0 Å². The summed E-state index contributed by atoms with van der Waals surface area (Å²) >= 11 is 0. The highest BCUT2D eigenvalue weighted by molar-refractivity contribution is 5.94. The van der Waals surface area contributed by atoms with E-state index >= 15 is 0 Å². The van der Waals surface area contributed by atoms with E-state index in [1.807, 2.05) is 24.3 Å². The summed E-state index contributed by atoms with van der Waals surface area (Å²) in [7, 11) is 0. The van der Waals surface area contributed by atoms with Crippen molar-refractivity contribution in [2.24, 2.45) is 0 Å². The van der Waals surface area contributed by atoms with Crippen LogP contribution in [0, 0.1) is 0 Å². The van der Waals surface area contributed by atoms with Gasteiger partial charge >= 0.3 is 0 Å². The minimum atomic E-state index is 0.252. The zero-order chi connectivity index (χ0) is 18.9. The van der Waals surface area contributed by atoms with E-state index in [1.54, 1.807) is 6.20 Å². The van der Waals surface area contributed by atoms with Crippen molar-refractivity contribution in [3.63, 3.8) is 0 Å². The fourth-order valence-corrected chi connectivity index (χ4v) is 3.49. The van der Waals surface area contributed by atoms with Gasteiger partial charge in [0.2, 0.25) is 5.95 Å². The summed E-state index contributed by atoms with van der Waals surface area (Å²) in [5, 5.41) is 5.14. The van der Waals surface area contributed by atoms with Gasteiger partial charge in [0.1, 0.15) is 5.52 Å². The SMILES string of the molecule is Nc1nccc(-c2ccc3noc(-c4ccc(N5CCOCC5)cc4)c3c2)n1. The van der Waals surface area contributed by atoms with Crippen LogP contribution in [0.4, 0.5) is 11.6 Å². The van der Waals surface area contributed by atoms with E-state index in [4.69, 9.17) is 15.0 Å². The van der Waals surface area contributed by atoms with Gasteiger partial charge in [-0.05, 0) is 42.5 Å². The van der Waals surface area contributed by atoms with Gasteiger partial charge in [-0.15, -0.1) is 0 Å². The summed E-state index contributed by atoms with van der Waals surface area (Å²) in [5.41, 5.74) is 10.4. The highest BCUT2D eigenvalue weighted by Crippen LogP contribution is 2.32. The molecule has 5 rings (SSSR count). The molecule has 0 spiro atoms. The Morgan fingerprint density at radius 2 is 1.71 bits per heavy atom. The maximum atomic E-state index is 5.72. The molecule has 7 heteroatoms. The van der Waals surface area contributed by atoms with Crippen LogP contribution >= 0.6 is 0 Å². The Bertz CT molecular complexity index is 1120. The lowest BCUT2D eigenvalue weighted by Crippen LogP contribution is -2.36. The van der Waals surface area contributed by atoms with Crippen molar-refractivity contribution >= 4 is 22.5 Å². The van der Waals surface area contributed by atoms with Crippen LogP contribution in [-0.4, -0.2) is 41.4 Å². The summed E-state index contributed by atoms with van der Waals surface area (Å²) in [6.07, 6.45) is 1.65. The second kappa shape index (κ2) is 6.94. The summed E-state index contributed by atoms with van der Waals surface area (Å²) in [6.45, 7) is 3.36. The van der Waals surface area contributed by atoms with E-state index in [0.29, 0.717) is 0 Å². The van der Waals surface area contributed by atoms with Gasteiger partial charge in [0.15, 0.2) is 5.76 Å². The molecular formula is C21H19N5O2. The average Bonchev–Trinajstić information content (AvgIpc) is 3.18. The molecule has 1 saturated heterocycles. The summed E-state index contributed by atoms with van der Waals surface area (Å²) < 4.78 is 11.1. The fraction of sp³-hybridized carbons (Fsp3) is 0.190. The Morgan fingerprint density at radius 3 is 2.50 bits per heavy atom. The van der Waals surface area contributed by atoms with Crippen molar-refractivity contribution in [1.29, 1.82) is 0 Å². The Hall–Kier alpha value is -3.45. The number of rotatable bonds is 3. The van der Waals surface area contributed by atoms with E-state index in [1.165, 1.54) is 5.69 Å². The highest BCUT2D eigenvalue weighted by atomic mass is 16.5. The maximum absolute atomic E-state index is 5.72. The minimum absolute atomic E-state index is 0.252. The van der Waals surface area contributed by atoms with Crippen LogP contribution in [-0.2, 0) is 4.74 Å². The van der Waals surface area contributed by atoms with Gasteiger partial charge in [-0.3, -0.25) is 0 Å². The van der Waals surface area contributed by atoms with Gasteiger partial charge in [-0.25, -0.2) is 9.97 Å². The van der Waals surface area contributed by atoms with E-state index in [0.717, 1.165) is 59.8 Å². The molecule has 0 amide bonds. The third-order valence-corrected chi connectivity index (χ3v) is 4.95. The van der Waals surface area contributed by atoms with Crippen molar-refractivity contribution in [2.45, 2.75) is 0 Å². The molecule has 3 heterocycles. The smallest absolute Gasteiger partial charge is 0.220 e. The molecule has 2 aromatic heterocycles. The first-order valence-corrected chi connectivity index (χ1v) is 9.19. The Labute approximate surface area is 161 Å². The monoisotopic (exact) mass is 373 g/mol. The van der Waals surface area contributed by atoms with Crippen molar-refractivity contribution in [3.05, 3.63) is 54.7 Å². The predicted molar refractivity (Wildman–Crippen MR) is 108 cm³/mol. The van der Waals surface area contributed by atoms with Crippen LogP contribution in [0.3, 0.4) is 0 Å². The molecular weight excluding hydrogens is 354 g/mol. The summed E-state index contributed by atoms with van der Waals surface area (Å²) in [5.74, 6) is 0.995. The van der Waals surface area contributed by atoms with Gasteiger partial charge in [-0.1, -0.05) is 11.2 Å². The molecule has 0 saturated carbocycles. The standard InChI is InChI=1S/C21H19N5O2/c22-21-23-8-7-18(24-21)15-3-6-19-17(13-15)20(28-25-19)14-1-4-16(5-2-14)26-9-11-27-12-10-26/h1-8,13H,9-12H2,(H2,22,23,24). The summed E-state index contributed by atoms with van der Waals surface area (Å²) in [6, 6.07) is 16.1. The number of hydrogen-bond acceptors (Lipinski definition) is 7. The van der Waals surface area contributed by atoms with Gasteiger partial charge in [-0.2, -0.15) is 0 Å². The minimum Gasteiger partial charge on any atom is -0.378 e. The van der Waals surface area contributed by atoms with Crippen molar-refractivity contribution < 1.29 is 9.26 Å². The van der Waals surface area contributed by atoms with E-state index in [-0.39, 0.29) is 5.95 Å². The first-order chi connectivity index (χ1) is 13.8. The zero-order valence-corrected chi connectivity index (χ0v) is 15.2. The largest absolute Gasteiger partial charge is 0.378 e. The molecule has 0 unspecified atom stereocenters. The Kier molecular flexibility index (Phi) is 4.14. The van der Waals surface area contributed by atoms with E-state index < -0.39 is 0 Å². The molecule has 2 aromatic carbocycles. The van der Waals surface area contributed by atoms with E-state index in [2.05, 4.69) is 44.3 Å². The molecule has 1 aliphatic heterocycles. The average molecular weight is 373 g/mol. The maximum Gasteiger partial charge on any atom is 0.220 e. The zero-order valence-electron chi connectivity index (χ0n) is 15.2. The number of anilines is 2. The van der Waals surface area contributed by atoms with Gasteiger partial charge < -0.3 is 19.9 Å². The normalized spacial score (nSPS) is 14.5. The first-order valence-electron chi connectivity index (χ1n) is 9.19. The molecule has 140 valence electrons. The topological polar surface area (TPSA) is 90.3 Å². The van der Waals surface area contributed by atoms with Gasteiger partial charge in [0, 0.05) is 36.1 Å². The Morgan fingerprint density at radius 1 is 0.929 bits per heavy atom. The third kappa shape index (κ3) is 3.05. The molecule has 28 heavy (non-hydrogen) atoms. The quantitative estimate of drug-likeness (QED) is 0.589. The number of nitrogens with two attached hydrogens (primary N) is 1. The molecule has 1 fully saturated rings. The lowest BCUT2D eigenvalue weighted by atomic mass is 10.0. The number of fused-ring (bicyclic) bond motifs is 1. The number of aromatic nitrogens is 3. The molecule has 0 atom stereocenters. The Balaban J connectivity index is 1.51. The first kappa shape index (κ1) is 16.7.